The van der Waals surface area contributed by atoms with Crippen LogP contribution in [0.5, 0.6) is 0 Å². The van der Waals surface area contributed by atoms with Gasteiger partial charge in [0.15, 0.2) is 0 Å². The lowest BCUT2D eigenvalue weighted by atomic mass is 10.2. The molecule has 0 aliphatic carbocycles. The van der Waals surface area contributed by atoms with Gasteiger partial charge in [-0.15, -0.1) is 11.3 Å². The first-order chi connectivity index (χ1) is 12.6. The molecule has 1 saturated heterocycles. The van der Waals surface area contributed by atoms with Gasteiger partial charge in [-0.05, 0) is 36.6 Å². The molecule has 3 rings (SSSR count). The van der Waals surface area contributed by atoms with E-state index in [1.807, 2.05) is 29.7 Å². The van der Waals surface area contributed by atoms with Crippen LogP contribution in [-0.4, -0.2) is 34.4 Å². The van der Waals surface area contributed by atoms with E-state index in [9.17, 15) is 9.59 Å². The second kappa shape index (κ2) is 8.48. The molecule has 1 aliphatic heterocycles. The maximum absolute atomic E-state index is 12.6. The first-order valence-electron chi connectivity index (χ1n) is 7.89. The van der Waals surface area contributed by atoms with Crippen molar-refractivity contribution in [1.82, 2.24) is 4.90 Å². The molecule has 1 aromatic heterocycles. The summed E-state index contributed by atoms with van der Waals surface area (Å²) in [6, 6.07) is 10.9. The molecule has 5 nitrogen and oxygen atoms in total. The number of nitrogens with zero attached hydrogens (tertiary/aromatic N) is 1. The van der Waals surface area contributed by atoms with Gasteiger partial charge in [0.2, 0.25) is 0 Å². The summed E-state index contributed by atoms with van der Waals surface area (Å²) in [7, 11) is 0. The fraction of sp³-hybridized carbons (Fsp3) is 0.167. The van der Waals surface area contributed by atoms with Crippen LogP contribution < -0.4 is 5.32 Å². The Hall–Kier alpha value is -2.16. The van der Waals surface area contributed by atoms with E-state index in [2.05, 4.69) is 5.32 Å². The zero-order valence-corrected chi connectivity index (χ0v) is 16.4. The van der Waals surface area contributed by atoms with Gasteiger partial charge in [0.1, 0.15) is 4.32 Å². The summed E-state index contributed by atoms with van der Waals surface area (Å²) < 4.78 is 5.55. The minimum atomic E-state index is -0.404. The Morgan fingerprint density at radius 1 is 1.31 bits per heavy atom. The summed E-state index contributed by atoms with van der Waals surface area (Å²) in [6.45, 7) is 2.24. The predicted octanol–water partition coefficient (Wildman–Crippen LogP) is 4.20. The third-order valence-electron chi connectivity index (χ3n) is 3.54. The number of thioether (sulfide) groups is 1. The molecular formula is C18H16N2O3S3. The molecule has 0 spiro atoms. The van der Waals surface area contributed by atoms with Crippen molar-refractivity contribution in [3.05, 3.63) is 57.1 Å². The van der Waals surface area contributed by atoms with E-state index in [1.54, 1.807) is 36.5 Å². The Bertz CT molecular complexity index is 862. The summed E-state index contributed by atoms with van der Waals surface area (Å²) in [6.07, 6.45) is 1.84. The van der Waals surface area contributed by atoms with Crippen molar-refractivity contribution in [3.63, 3.8) is 0 Å². The second-order valence-electron chi connectivity index (χ2n) is 5.23. The maximum Gasteiger partial charge on any atom is 0.340 e. The third-order valence-corrected chi connectivity index (χ3v) is 5.74. The van der Waals surface area contributed by atoms with Crippen LogP contribution >= 0.6 is 35.3 Å². The van der Waals surface area contributed by atoms with Crippen molar-refractivity contribution >= 4 is 63.3 Å². The highest BCUT2D eigenvalue weighted by Gasteiger charge is 2.32. The SMILES string of the molecule is CCOC(=O)c1ccccc1NCN1C(=O)/C(=C/c2cccs2)SC1=S. The molecule has 1 fully saturated rings. The number of benzene rings is 1. The van der Waals surface area contributed by atoms with E-state index >= 15 is 0 Å². The van der Waals surface area contributed by atoms with Crippen molar-refractivity contribution in [2.75, 3.05) is 18.6 Å². The molecule has 26 heavy (non-hydrogen) atoms. The summed E-state index contributed by atoms with van der Waals surface area (Å²) in [5.41, 5.74) is 1.02. The van der Waals surface area contributed by atoms with Crippen molar-refractivity contribution in [1.29, 1.82) is 0 Å². The molecule has 2 aromatic rings. The number of anilines is 1. The fourth-order valence-corrected chi connectivity index (χ4v) is 4.31. The van der Waals surface area contributed by atoms with E-state index in [0.29, 0.717) is 27.1 Å². The molecule has 0 unspecified atom stereocenters. The molecule has 1 aromatic carbocycles. The summed E-state index contributed by atoms with van der Waals surface area (Å²) in [4.78, 5) is 27.7. The first kappa shape index (κ1) is 18.6. The number of ether oxygens (including phenoxy) is 1. The molecule has 0 bridgehead atoms. The number of hydrogen-bond donors (Lipinski definition) is 1. The number of nitrogens with one attached hydrogen (secondary N) is 1. The standard InChI is InChI=1S/C18H16N2O3S3/c1-2-23-17(22)13-7-3-4-8-14(13)19-11-20-16(21)15(26-18(20)24)10-12-6-5-9-25-12/h3-10,19H,2,11H2,1H3/b15-10-. The molecule has 8 heteroatoms. The van der Waals surface area contributed by atoms with Crippen molar-refractivity contribution < 1.29 is 14.3 Å². The van der Waals surface area contributed by atoms with Crippen LogP contribution in [0, 0.1) is 0 Å². The lowest BCUT2D eigenvalue weighted by Crippen LogP contribution is -2.33. The van der Waals surface area contributed by atoms with Gasteiger partial charge in [-0.1, -0.05) is 42.2 Å². The summed E-state index contributed by atoms with van der Waals surface area (Å²) in [5, 5.41) is 5.07. The van der Waals surface area contributed by atoms with Gasteiger partial charge in [0.25, 0.3) is 5.91 Å². The smallest absolute Gasteiger partial charge is 0.340 e. The van der Waals surface area contributed by atoms with Gasteiger partial charge in [-0.2, -0.15) is 0 Å². The van der Waals surface area contributed by atoms with Gasteiger partial charge in [0.05, 0.1) is 29.4 Å². The number of thiocarbonyl (C=S) groups is 1. The Balaban J connectivity index is 1.72. The lowest BCUT2D eigenvalue weighted by Gasteiger charge is -2.17. The van der Waals surface area contributed by atoms with E-state index < -0.39 is 5.97 Å². The van der Waals surface area contributed by atoms with Gasteiger partial charge < -0.3 is 10.1 Å². The summed E-state index contributed by atoms with van der Waals surface area (Å²) in [5.74, 6) is -0.548. The Morgan fingerprint density at radius 3 is 2.85 bits per heavy atom. The molecular weight excluding hydrogens is 388 g/mol. The highest BCUT2D eigenvalue weighted by Crippen LogP contribution is 2.33. The topological polar surface area (TPSA) is 58.6 Å². The third kappa shape index (κ3) is 4.14. The normalized spacial score (nSPS) is 15.6. The van der Waals surface area contributed by atoms with Crippen molar-refractivity contribution in [3.8, 4) is 0 Å². The average molecular weight is 405 g/mol. The van der Waals surface area contributed by atoms with Crippen LogP contribution in [0.1, 0.15) is 22.2 Å². The Morgan fingerprint density at radius 2 is 2.12 bits per heavy atom. The van der Waals surface area contributed by atoms with Gasteiger partial charge in [-0.3, -0.25) is 9.69 Å². The van der Waals surface area contributed by atoms with Gasteiger partial charge in [-0.25, -0.2) is 4.79 Å². The second-order valence-corrected chi connectivity index (χ2v) is 7.88. The Labute approximate surface area is 165 Å². The van der Waals surface area contributed by atoms with Crippen molar-refractivity contribution in [2.24, 2.45) is 0 Å². The van der Waals surface area contributed by atoms with E-state index in [1.165, 1.54) is 16.7 Å². The monoisotopic (exact) mass is 404 g/mol. The van der Waals surface area contributed by atoms with Gasteiger partial charge in [0, 0.05) is 4.88 Å². The number of thiophene rings is 1. The lowest BCUT2D eigenvalue weighted by molar-refractivity contribution is -0.121. The zero-order chi connectivity index (χ0) is 18.5. The average Bonchev–Trinajstić information content (AvgIpc) is 3.23. The van der Waals surface area contributed by atoms with Gasteiger partial charge >= 0.3 is 5.97 Å². The molecule has 1 aliphatic rings. The highest BCUT2D eigenvalue weighted by atomic mass is 32.2. The van der Waals surface area contributed by atoms with E-state index in [-0.39, 0.29) is 12.6 Å². The molecule has 2 heterocycles. The summed E-state index contributed by atoms with van der Waals surface area (Å²) >= 11 is 8.17. The predicted molar refractivity (Wildman–Crippen MR) is 110 cm³/mol. The Kier molecular flexibility index (Phi) is 6.08. The molecule has 1 N–H and O–H groups in total. The van der Waals surface area contributed by atoms with Crippen LogP contribution in [0.25, 0.3) is 6.08 Å². The van der Waals surface area contributed by atoms with Crippen LogP contribution in [0.4, 0.5) is 5.69 Å². The molecule has 134 valence electrons. The van der Waals surface area contributed by atoms with Crippen LogP contribution in [-0.2, 0) is 9.53 Å². The number of esters is 1. The number of amides is 1. The maximum atomic E-state index is 12.6. The van der Waals surface area contributed by atoms with Crippen molar-refractivity contribution in [2.45, 2.75) is 6.92 Å². The van der Waals surface area contributed by atoms with E-state index in [4.69, 9.17) is 17.0 Å². The van der Waals surface area contributed by atoms with Crippen LogP contribution in [0.15, 0.2) is 46.7 Å². The number of hydrogen-bond acceptors (Lipinski definition) is 7. The molecule has 0 radical (unpaired) electrons. The molecule has 0 atom stereocenters. The number of carbonyl (C=O) groups is 2. The molecule has 0 saturated carbocycles. The first-order valence-corrected chi connectivity index (χ1v) is 9.99. The van der Waals surface area contributed by atoms with Crippen LogP contribution in [0.3, 0.4) is 0 Å². The number of carbonyl (C=O) groups excluding carboxylic acids is 2. The minimum Gasteiger partial charge on any atom is -0.462 e. The van der Waals surface area contributed by atoms with Crippen LogP contribution in [0.2, 0.25) is 0 Å². The number of rotatable bonds is 6. The minimum absolute atomic E-state index is 0.144. The largest absolute Gasteiger partial charge is 0.462 e. The highest BCUT2D eigenvalue weighted by molar-refractivity contribution is 8.26. The molecule has 1 amide bonds. The quantitative estimate of drug-likeness (QED) is 0.442. The van der Waals surface area contributed by atoms with E-state index in [0.717, 1.165) is 4.88 Å². The zero-order valence-electron chi connectivity index (χ0n) is 13.9. The number of para-hydroxylation sites is 1. The fourth-order valence-electron chi connectivity index (χ4n) is 2.33.